The standard InChI is InChI=1S/C17H17N3O3/c1-12-7-9-13(10-8-12)11-15(17(21)18-2)19-14-5-3-4-6-16(14)20(22)23/h3-11,19H,1-2H3,(H,18,21)/b15-11+. The van der Waals surface area contributed by atoms with Crippen molar-refractivity contribution in [3.63, 3.8) is 0 Å². The highest BCUT2D eigenvalue weighted by molar-refractivity contribution is 6.01. The number of nitrogens with zero attached hydrogens (tertiary/aromatic N) is 1. The molecule has 6 heteroatoms. The number of para-hydroxylation sites is 2. The smallest absolute Gasteiger partial charge is 0.292 e. The highest BCUT2D eigenvalue weighted by Gasteiger charge is 2.16. The Balaban J connectivity index is 2.39. The van der Waals surface area contributed by atoms with E-state index in [1.807, 2.05) is 31.2 Å². The first-order valence-electron chi connectivity index (χ1n) is 7.02. The minimum atomic E-state index is -0.490. The van der Waals surface area contributed by atoms with Gasteiger partial charge in [-0.25, -0.2) is 0 Å². The van der Waals surface area contributed by atoms with Crippen molar-refractivity contribution in [2.45, 2.75) is 6.92 Å². The Hall–Kier alpha value is -3.15. The molecule has 118 valence electrons. The molecule has 23 heavy (non-hydrogen) atoms. The number of rotatable bonds is 5. The molecule has 1 amide bonds. The first kappa shape index (κ1) is 16.2. The third-order valence-corrected chi connectivity index (χ3v) is 3.23. The molecule has 0 spiro atoms. The van der Waals surface area contributed by atoms with Crippen LogP contribution in [0.1, 0.15) is 11.1 Å². The molecular weight excluding hydrogens is 294 g/mol. The Morgan fingerprint density at radius 1 is 1.13 bits per heavy atom. The zero-order valence-corrected chi connectivity index (χ0v) is 12.9. The van der Waals surface area contributed by atoms with Gasteiger partial charge in [-0.15, -0.1) is 0 Å². The summed E-state index contributed by atoms with van der Waals surface area (Å²) in [6, 6.07) is 13.8. The van der Waals surface area contributed by atoms with E-state index in [0.29, 0.717) is 0 Å². The molecule has 6 nitrogen and oxygen atoms in total. The zero-order valence-electron chi connectivity index (χ0n) is 12.9. The van der Waals surface area contributed by atoms with E-state index in [-0.39, 0.29) is 23.0 Å². The summed E-state index contributed by atoms with van der Waals surface area (Å²) in [5, 5.41) is 16.5. The first-order valence-corrected chi connectivity index (χ1v) is 7.02. The van der Waals surface area contributed by atoms with Gasteiger partial charge in [0.15, 0.2) is 0 Å². The number of carbonyl (C=O) groups is 1. The predicted molar refractivity (Wildman–Crippen MR) is 89.9 cm³/mol. The fraction of sp³-hybridized carbons (Fsp3) is 0.118. The molecule has 0 fully saturated rings. The number of aryl methyl sites for hydroxylation is 1. The fourth-order valence-corrected chi connectivity index (χ4v) is 2.01. The van der Waals surface area contributed by atoms with Gasteiger partial charge in [-0.3, -0.25) is 14.9 Å². The van der Waals surface area contributed by atoms with Crippen molar-refractivity contribution in [2.24, 2.45) is 0 Å². The Kier molecular flexibility index (Phi) is 5.09. The molecule has 0 heterocycles. The van der Waals surface area contributed by atoms with Gasteiger partial charge in [-0.1, -0.05) is 42.0 Å². The summed E-state index contributed by atoms with van der Waals surface area (Å²) in [6.07, 6.45) is 1.65. The molecule has 2 aromatic rings. The van der Waals surface area contributed by atoms with Crippen molar-refractivity contribution < 1.29 is 9.72 Å². The number of nitrogens with one attached hydrogen (secondary N) is 2. The molecule has 0 aliphatic heterocycles. The van der Waals surface area contributed by atoms with Crippen molar-refractivity contribution in [1.29, 1.82) is 0 Å². The lowest BCUT2D eigenvalue weighted by molar-refractivity contribution is -0.383. The van der Waals surface area contributed by atoms with E-state index in [0.717, 1.165) is 11.1 Å². The minimum absolute atomic E-state index is 0.0915. The van der Waals surface area contributed by atoms with Crippen LogP contribution >= 0.6 is 0 Å². The Morgan fingerprint density at radius 2 is 1.78 bits per heavy atom. The number of nitro groups is 1. The highest BCUT2D eigenvalue weighted by Crippen LogP contribution is 2.25. The normalized spacial score (nSPS) is 11.0. The van der Waals surface area contributed by atoms with Crippen LogP contribution in [0.5, 0.6) is 0 Å². The number of benzene rings is 2. The molecule has 0 aliphatic carbocycles. The van der Waals surface area contributed by atoms with E-state index in [1.54, 1.807) is 24.3 Å². The quantitative estimate of drug-likeness (QED) is 0.505. The Labute approximate surface area is 134 Å². The van der Waals surface area contributed by atoms with Crippen molar-refractivity contribution in [1.82, 2.24) is 5.32 Å². The summed E-state index contributed by atoms with van der Waals surface area (Å²) in [5.41, 5.74) is 2.33. The number of nitro benzene ring substituents is 1. The van der Waals surface area contributed by atoms with Crippen LogP contribution in [0.15, 0.2) is 54.2 Å². The Bertz CT molecular complexity index is 752. The number of likely N-dealkylation sites (N-methyl/N-ethyl adjacent to an activating group) is 1. The maximum atomic E-state index is 12.1. The van der Waals surface area contributed by atoms with E-state index in [9.17, 15) is 14.9 Å². The molecule has 0 radical (unpaired) electrons. The number of amides is 1. The molecule has 0 aliphatic rings. The Morgan fingerprint density at radius 3 is 2.39 bits per heavy atom. The second-order valence-electron chi connectivity index (χ2n) is 4.95. The molecule has 2 N–H and O–H groups in total. The van der Waals surface area contributed by atoms with E-state index < -0.39 is 4.92 Å². The number of hydrogen-bond donors (Lipinski definition) is 2. The minimum Gasteiger partial charge on any atom is -0.354 e. The van der Waals surface area contributed by atoms with Gasteiger partial charge in [0.1, 0.15) is 11.4 Å². The molecule has 0 saturated carbocycles. The summed E-state index contributed by atoms with van der Waals surface area (Å²) in [4.78, 5) is 22.7. The second kappa shape index (κ2) is 7.22. The molecule has 0 aromatic heterocycles. The van der Waals surface area contributed by atoms with Crippen LogP contribution < -0.4 is 10.6 Å². The fourth-order valence-electron chi connectivity index (χ4n) is 2.01. The maximum Gasteiger partial charge on any atom is 0.292 e. The monoisotopic (exact) mass is 311 g/mol. The van der Waals surface area contributed by atoms with Crippen LogP contribution in [0.2, 0.25) is 0 Å². The number of carbonyl (C=O) groups excluding carboxylic acids is 1. The van der Waals surface area contributed by atoms with Crippen molar-refractivity contribution >= 4 is 23.4 Å². The maximum absolute atomic E-state index is 12.1. The van der Waals surface area contributed by atoms with Crippen LogP contribution in [-0.4, -0.2) is 17.9 Å². The predicted octanol–water partition coefficient (Wildman–Crippen LogP) is 3.10. The number of hydrogen-bond acceptors (Lipinski definition) is 4. The summed E-state index contributed by atoms with van der Waals surface area (Å²) >= 11 is 0. The summed E-state index contributed by atoms with van der Waals surface area (Å²) < 4.78 is 0. The topological polar surface area (TPSA) is 84.3 Å². The van der Waals surface area contributed by atoms with Gasteiger partial charge in [0.25, 0.3) is 11.6 Å². The van der Waals surface area contributed by atoms with Gasteiger partial charge < -0.3 is 10.6 Å². The van der Waals surface area contributed by atoms with E-state index in [2.05, 4.69) is 10.6 Å². The summed E-state index contributed by atoms with van der Waals surface area (Å²) in [5.74, 6) is -0.358. The molecule has 0 unspecified atom stereocenters. The van der Waals surface area contributed by atoms with E-state index in [4.69, 9.17) is 0 Å². The lowest BCUT2D eigenvalue weighted by Crippen LogP contribution is -2.24. The van der Waals surface area contributed by atoms with Gasteiger partial charge >= 0.3 is 0 Å². The van der Waals surface area contributed by atoms with Gasteiger partial charge in [0, 0.05) is 13.1 Å². The zero-order chi connectivity index (χ0) is 16.8. The molecule has 0 atom stereocenters. The third-order valence-electron chi connectivity index (χ3n) is 3.23. The van der Waals surface area contributed by atoms with Crippen molar-refractivity contribution in [2.75, 3.05) is 12.4 Å². The lowest BCUT2D eigenvalue weighted by Gasteiger charge is -2.10. The average Bonchev–Trinajstić information content (AvgIpc) is 2.55. The van der Waals surface area contributed by atoms with Crippen LogP contribution in [0, 0.1) is 17.0 Å². The van der Waals surface area contributed by atoms with Crippen LogP contribution in [0.3, 0.4) is 0 Å². The molecule has 2 rings (SSSR count). The largest absolute Gasteiger partial charge is 0.354 e. The van der Waals surface area contributed by atoms with Crippen LogP contribution in [-0.2, 0) is 4.79 Å². The van der Waals surface area contributed by atoms with Gasteiger partial charge in [-0.2, -0.15) is 0 Å². The first-order chi connectivity index (χ1) is 11.0. The van der Waals surface area contributed by atoms with Gasteiger partial charge in [0.05, 0.1) is 4.92 Å². The highest BCUT2D eigenvalue weighted by atomic mass is 16.6. The summed E-state index contributed by atoms with van der Waals surface area (Å²) in [7, 11) is 1.51. The van der Waals surface area contributed by atoms with E-state index >= 15 is 0 Å². The summed E-state index contributed by atoms with van der Waals surface area (Å²) in [6.45, 7) is 1.97. The van der Waals surface area contributed by atoms with Crippen LogP contribution in [0.25, 0.3) is 6.08 Å². The number of anilines is 1. The van der Waals surface area contributed by atoms with Gasteiger partial charge in [0.2, 0.25) is 0 Å². The average molecular weight is 311 g/mol. The van der Waals surface area contributed by atoms with E-state index in [1.165, 1.54) is 13.1 Å². The molecule has 0 bridgehead atoms. The van der Waals surface area contributed by atoms with Crippen LogP contribution in [0.4, 0.5) is 11.4 Å². The van der Waals surface area contributed by atoms with Gasteiger partial charge in [-0.05, 0) is 24.6 Å². The third kappa shape index (κ3) is 4.16. The second-order valence-corrected chi connectivity index (χ2v) is 4.95. The lowest BCUT2D eigenvalue weighted by atomic mass is 10.1. The van der Waals surface area contributed by atoms with Crippen molar-refractivity contribution in [3.05, 3.63) is 75.5 Å². The molecule has 0 saturated heterocycles. The van der Waals surface area contributed by atoms with Crippen molar-refractivity contribution in [3.8, 4) is 0 Å². The molecular formula is C17H17N3O3. The SMILES string of the molecule is CNC(=O)/C(=C\c1ccc(C)cc1)Nc1ccccc1[N+](=O)[O-]. The molecule has 2 aromatic carbocycles.